The zero-order valence-electron chi connectivity index (χ0n) is 7.27. The smallest absolute Gasteiger partial charge is 0.119 e. The average molecular weight is 196 g/mol. The van der Waals surface area contributed by atoms with Crippen LogP contribution < -0.4 is 0 Å². The number of rotatable bonds is 1. The van der Waals surface area contributed by atoms with E-state index < -0.39 is 0 Å². The molecule has 0 aromatic heterocycles. The Labute approximate surface area is 83.2 Å². The molecule has 0 spiro atoms. The molecule has 0 N–H and O–H groups in total. The highest BCUT2D eigenvalue weighted by Crippen LogP contribution is 2.30. The first-order chi connectivity index (χ1) is 6.38. The summed E-state index contributed by atoms with van der Waals surface area (Å²) < 4.78 is 0. The Morgan fingerprint density at radius 1 is 1.31 bits per heavy atom. The van der Waals surface area contributed by atoms with Crippen LogP contribution in [0.25, 0.3) is 0 Å². The number of thiol groups is 1. The fourth-order valence-corrected chi connectivity index (χ4v) is 1.78. The maximum absolute atomic E-state index is 5.20. The van der Waals surface area contributed by atoms with Crippen LogP contribution in [0.3, 0.4) is 0 Å². The van der Waals surface area contributed by atoms with Gasteiger partial charge in [-0.15, -0.1) is 12.6 Å². The van der Waals surface area contributed by atoms with E-state index in [0.29, 0.717) is 6.61 Å². The molecule has 1 saturated heterocycles. The minimum Gasteiger partial charge on any atom is -0.236 e. The van der Waals surface area contributed by atoms with E-state index in [4.69, 9.17) is 9.78 Å². The van der Waals surface area contributed by atoms with Crippen LogP contribution in [-0.2, 0) is 9.78 Å². The predicted octanol–water partition coefficient (Wildman–Crippen LogP) is 2.76. The van der Waals surface area contributed by atoms with Crippen molar-refractivity contribution in [3.8, 4) is 0 Å². The van der Waals surface area contributed by atoms with Crippen LogP contribution in [-0.4, -0.2) is 6.61 Å². The van der Waals surface area contributed by atoms with Crippen molar-refractivity contribution >= 4 is 12.6 Å². The highest BCUT2D eigenvalue weighted by Gasteiger charge is 2.18. The van der Waals surface area contributed by atoms with E-state index in [0.717, 1.165) is 23.3 Å². The van der Waals surface area contributed by atoms with Gasteiger partial charge in [-0.05, 0) is 24.5 Å². The maximum Gasteiger partial charge on any atom is 0.119 e. The maximum atomic E-state index is 5.20. The van der Waals surface area contributed by atoms with E-state index in [1.54, 1.807) is 0 Å². The van der Waals surface area contributed by atoms with E-state index in [1.807, 2.05) is 24.3 Å². The standard InChI is InChI=1S/C10H12O2S/c13-10-6-2-1-4-8(10)9-5-3-7-11-12-9/h1-2,4,6,9,13H,3,5,7H2. The summed E-state index contributed by atoms with van der Waals surface area (Å²) in [7, 11) is 0. The van der Waals surface area contributed by atoms with Crippen LogP contribution in [0.2, 0.25) is 0 Å². The Morgan fingerprint density at radius 3 is 2.85 bits per heavy atom. The summed E-state index contributed by atoms with van der Waals surface area (Å²) in [6, 6.07) is 7.96. The Bertz CT molecular complexity index is 282. The third kappa shape index (κ3) is 2.05. The summed E-state index contributed by atoms with van der Waals surface area (Å²) in [4.78, 5) is 11.1. The summed E-state index contributed by atoms with van der Waals surface area (Å²) in [5.41, 5.74) is 1.12. The number of hydrogen-bond acceptors (Lipinski definition) is 3. The van der Waals surface area contributed by atoms with Gasteiger partial charge in [0.25, 0.3) is 0 Å². The molecule has 2 rings (SSSR count). The van der Waals surface area contributed by atoms with E-state index in [1.165, 1.54) is 0 Å². The summed E-state index contributed by atoms with van der Waals surface area (Å²) in [6.45, 7) is 0.700. The first-order valence-corrected chi connectivity index (χ1v) is 4.89. The second-order valence-electron chi connectivity index (χ2n) is 3.11. The van der Waals surface area contributed by atoms with Crippen molar-refractivity contribution < 1.29 is 9.78 Å². The molecule has 2 nitrogen and oxygen atoms in total. The summed E-state index contributed by atoms with van der Waals surface area (Å²) in [6.07, 6.45) is 2.12. The molecular weight excluding hydrogens is 184 g/mol. The molecular formula is C10H12O2S. The molecule has 70 valence electrons. The molecule has 3 heteroatoms. The first-order valence-electron chi connectivity index (χ1n) is 4.44. The van der Waals surface area contributed by atoms with Gasteiger partial charge >= 0.3 is 0 Å². The highest BCUT2D eigenvalue weighted by atomic mass is 32.1. The molecule has 1 atom stereocenters. The van der Waals surface area contributed by atoms with Crippen LogP contribution in [0.5, 0.6) is 0 Å². The lowest BCUT2D eigenvalue weighted by Crippen LogP contribution is -2.13. The third-order valence-corrected chi connectivity index (χ3v) is 2.57. The Balaban J connectivity index is 2.18. The molecule has 0 aliphatic carbocycles. The van der Waals surface area contributed by atoms with Crippen LogP contribution in [0.1, 0.15) is 24.5 Å². The van der Waals surface area contributed by atoms with Gasteiger partial charge in [0.05, 0.1) is 6.61 Å². The third-order valence-electron chi connectivity index (χ3n) is 2.16. The van der Waals surface area contributed by atoms with Crippen LogP contribution in [0.4, 0.5) is 0 Å². The molecule has 1 aromatic carbocycles. The van der Waals surface area contributed by atoms with Crippen LogP contribution in [0.15, 0.2) is 29.2 Å². The van der Waals surface area contributed by atoms with Gasteiger partial charge < -0.3 is 0 Å². The van der Waals surface area contributed by atoms with Gasteiger partial charge in [0.15, 0.2) is 0 Å². The van der Waals surface area contributed by atoms with Gasteiger partial charge in [-0.1, -0.05) is 18.2 Å². The average Bonchev–Trinajstić information content (AvgIpc) is 2.20. The van der Waals surface area contributed by atoms with Crippen molar-refractivity contribution in [2.75, 3.05) is 6.61 Å². The molecule has 1 aliphatic rings. The van der Waals surface area contributed by atoms with E-state index in [-0.39, 0.29) is 6.10 Å². The Kier molecular flexibility index (Phi) is 2.88. The molecule has 1 aliphatic heterocycles. The lowest BCUT2D eigenvalue weighted by atomic mass is 10.0. The molecule has 0 radical (unpaired) electrons. The second-order valence-corrected chi connectivity index (χ2v) is 3.59. The van der Waals surface area contributed by atoms with Crippen molar-refractivity contribution in [3.05, 3.63) is 29.8 Å². The van der Waals surface area contributed by atoms with Crippen molar-refractivity contribution in [1.29, 1.82) is 0 Å². The fraction of sp³-hybridized carbons (Fsp3) is 0.400. The van der Waals surface area contributed by atoms with Crippen LogP contribution in [0, 0.1) is 0 Å². The lowest BCUT2D eigenvalue weighted by molar-refractivity contribution is -0.348. The quantitative estimate of drug-likeness (QED) is 0.550. The Morgan fingerprint density at radius 2 is 2.15 bits per heavy atom. The fourth-order valence-electron chi connectivity index (χ4n) is 1.47. The zero-order chi connectivity index (χ0) is 9.10. The van der Waals surface area contributed by atoms with Crippen molar-refractivity contribution in [3.63, 3.8) is 0 Å². The highest BCUT2D eigenvalue weighted by molar-refractivity contribution is 7.80. The van der Waals surface area contributed by atoms with Gasteiger partial charge in [0.2, 0.25) is 0 Å². The summed E-state index contributed by atoms with van der Waals surface area (Å²) in [5, 5.41) is 0. The van der Waals surface area contributed by atoms with Gasteiger partial charge in [0, 0.05) is 4.90 Å². The topological polar surface area (TPSA) is 18.5 Å². The van der Waals surface area contributed by atoms with Crippen molar-refractivity contribution in [2.24, 2.45) is 0 Å². The molecule has 0 amide bonds. The summed E-state index contributed by atoms with van der Waals surface area (Å²) >= 11 is 4.37. The Hall–Kier alpha value is -0.510. The van der Waals surface area contributed by atoms with E-state index in [2.05, 4.69) is 12.6 Å². The zero-order valence-corrected chi connectivity index (χ0v) is 8.17. The van der Waals surface area contributed by atoms with Gasteiger partial charge in [-0.3, -0.25) is 0 Å². The molecule has 1 unspecified atom stereocenters. The molecule has 13 heavy (non-hydrogen) atoms. The second kappa shape index (κ2) is 4.13. The van der Waals surface area contributed by atoms with Gasteiger partial charge in [-0.25, -0.2) is 9.78 Å². The predicted molar refractivity (Wildman–Crippen MR) is 52.7 cm³/mol. The first kappa shape index (κ1) is 9.06. The van der Waals surface area contributed by atoms with Crippen molar-refractivity contribution in [1.82, 2.24) is 0 Å². The van der Waals surface area contributed by atoms with Gasteiger partial charge in [0.1, 0.15) is 6.10 Å². The van der Waals surface area contributed by atoms with Crippen LogP contribution >= 0.6 is 12.6 Å². The molecule has 1 fully saturated rings. The van der Waals surface area contributed by atoms with E-state index >= 15 is 0 Å². The molecule has 0 bridgehead atoms. The number of hydrogen-bond donors (Lipinski definition) is 1. The lowest BCUT2D eigenvalue weighted by Gasteiger charge is -2.22. The van der Waals surface area contributed by atoms with Gasteiger partial charge in [-0.2, -0.15) is 0 Å². The normalized spacial score (nSPS) is 23.0. The SMILES string of the molecule is Sc1ccccc1C1CCCOO1. The molecule has 1 aromatic rings. The molecule has 1 heterocycles. The minimum atomic E-state index is 0.0578. The largest absolute Gasteiger partial charge is 0.236 e. The van der Waals surface area contributed by atoms with Crippen molar-refractivity contribution in [2.45, 2.75) is 23.8 Å². The van der Waals surface area contributed by atoms with E-state index in [9.17, 15) is 0 Å². The monoisotopic (exact) mass is 196 g/mol. The number of benzene rings is 1. The minimum absolute atomic E-state index is 0.0578. The summed E-state index contributed by atoms with van der Waals surface area (Å²) in [5.74, 6) is 0. The molecule has 0 saturated carbocycles.